The zero-order valence-corrected chi connectivity index (χ0v) is 35.9. The number of aromatic hydroxyl groups is 1. The Hall–Kier alpha value is -7.83. The number of phenolic OH excluding ortho intramolecular Hbond substituents is 1. The number of aliphatic hydroxyl groups excluding tert-OH is 2. The molecule has 13 N–H and O–H groups in total. The van der Waals surface area contributed by atoms with Gasteiger partial charge in [0.15, 0.2) is 28.7 Å². The number of thiocarbonyl (C=S) groups is 1. The maximum atomic E-state index is 12.9. The lowest BCUT2D eigenvalue weighted by Crippen LogP contribution is -2.61. The highest BCUT2D eigenvalue weighted by atomic mass is 32.1. The van der Waals surface area contributed by atoms with Crippen molar-refractivity contribution in [2.45, 2.75) is 69.7 Å². The molecule has 2 amide bonds. The predicted molar refractivity (Wildman–Crippen MR) is 239 cm³/mol. The van der Waals surface area contributed by atoms with Gasteiger partial charge in [-0.25, -0.2) is 19.4 Å². The number of aryl methyl sites for hydroxylation is 1. The van der Waals surface area contributed by atoms with Crippen LogP contribution >= 0.6 is 12.2 Å². The molecule has 1 aliphatic carbocycles. The normalized spacial score (nSPS) is 16.5. The third-order valence-corrected chi connectivity index (χ3v) is 10.4. The van der Waals surface area contributed by atoms with E-state index in [9.17, 15) is 49.5 Å². The van der Waals surface area contributed by atoms with E-state index in [1.54, 1.807) is 35.1 Å². The van der Waals surface area contributed by atoms with Crippen LogP contribution in [0, 0.1) is 0 Å². The van der Waals surface area contributed by atoms with E-state index in [1.807, 2.05) is 0 Å². The number of ether oxygens (including phenoxy) is 2. The minimum atomic E-state index is -1.80. The number of hydrogen-bond acceptors (Lipinski definition) is 15. The molecule has 6 rings (SSSR count). The summed E-state index contributed by atoms with van der Waals surface area (Å²) in [5, 5.41) is 70.4. The van der Waals surface area contributed by atoms with Gasteiger partial charge in [-0.1, -0.05) is 11.3 Å². The van der Waals surface area contributed by atoms with Crippen molar-refractivity contribution in [2.75, 3.05) is 18.5 Å². The summed E-state index contributed by atoms with van der Waals surface area (Å²) in [6, 6.07) is 11.0. The van der Waals surface area contributed by atoms with Crippen LogP contribution in [0.2, 0.25) is 0 Å². The van der Waals surface area contributed by atoms with Gasteiger partial charge in [-0.15, -0.1) is 5.10 Å². The number of nitrogens with two attached hydrogens (primary N) is 2. The molecule has 1 aromatic heterocycles. The van der Waals surface area contributed by atoms with Crippen molar-refractivity contribution in [3.63, 3.8) is 0 Å². The molecule has 2 aliphatic heterocycles. The van der Waals surface area contributed by atoms with Crippen LogP contribution in [0.4, 0.5) is 10.5 Å². The van der Waals surface area contributed by atoms with Gasteiger partial charge < -0.3 is 72.2 Å². The van der Waals surface area contributed by atoms with Gasteiger partial charge in [-0.05, 0) is 79.5 Å². The topological polar surface area (TPSA) is 361 Å². The van der Waals surface area contributed by atoms with Crippen LogP contribution in [0.25, 0.3) is 33.4 Å². The van der Waals surface area contributed by atoms with Crippen molar-refractivity contribution in [3.8, 4) is 28.2 Å². The molecule has 3 heterocycles. The van der Waals surface area contributed by atoms with Gasteiger partial charge >= 0.3 is 18.0 Å². The van der Waals surface area contributed by atoms with Crippen molar-refractivity contribution in [2.24, 2.45) is 16.5 Å². The molecule has 0 fully saturated rings. The zero-order valence-electron chi connectivity index (χ0n) is 35.0. The number of hydrogen-bond donors (Lipinski definition) is 11. The number of carbonyl (C=O) groups excluding carboxylic acids is 2. The first-order chi connectivity index (χ1) is 31.5. The number of aromatic carboxylic acids is 1. The first-order valence-corrected chi connectivity index (χ1v) is 20.6. The highest BCUT2D eigenvalue weighted by Gasteiger charge is 2.46. The molecule has 24 heteroatoms. The molecule has 0 saturated heterocycles. The van der Waals surface area contributed by atoms with Crippen molar-refractivity contribution in [1.29, 1.82) is 0 Å². The van der Waals surface area contributed by atoms with Crippen molar-refractivity contribution in [3.05, 3.63) is 94.1 Å². The number of carboxylic acids is 2. The number of phenols is 1. The summed E-state index contributed by atoms with van der Waals surface area (Å²) in [6.07, 6.45) is -1.41. The molecule has 0 radical (unpaired) electrons. The molecule has 348 valence electrons. The van der Waals surface area contributed by atoms with Gasteiger partial charge in [-0.2, -0.15) is 0 Å². The Morgan fingerprint density at radius 1 is 1.00 bits per heavy atom. The molecule has 3 aromatic rings. The number of aliphatic carboxylic acids is 1. The first-order valence-electron chi connectivity index (χ1n) is 20.2. The van der Waals surface area contributed by atoms with Crippen LogP contribution in [-0.4, -0.2) is 119 Å². The standard InChI is InChI=1S/C42H46N10O13S/c1-20(54)47-35-29(49-40(43)44)16-33(39(60)61)64-37(35)36(30(57)19-53)65-42(62)46-17-22-18-52(51-50-22)12-4-2-3-11-45-41(66)48-21-5-8-25(28(13-21)38(58)59)34-26-9-6-23(55)14-31(26)63-32-15-24(56)7-10-27(32)34/h5-10,13-16,18,29-30,35-37,53,55,57H,2-4,11-12,17,19H2,1H3,(H,46,62)(H,47,54)(H,58,59)(H,60,61)(H4,43,44,49)(H2,45,48,66)/t29-,30+,35+,36+,37?/m0/s1. The number of amides is 2. The van der Waals surface area contributed by atoms with Gasteiger partial charge in [-0.3, -0.25) is 14.3 Å². The maximum absolute atomic E-state index is 12.9. The lowest BCUT2D eigenvalue weighted by Gasteiger charge is -2.39. The summed E-state index contributed by atoms with van der Waals surface area (Å²) in [5.41, 5.74) is 13.1. The number of nitrogens with zero attached hydrogens (tertiary/aromatic N) is 4. The molecule has 1 unspecified atom stereocenters. The monoisotopic (exact) mass is 930 g/mol. The number of carbonyl (C=O) groups is 4. The number of aliphatic imine (C=N–C) groups is 1. The molecular formula is C42H46N10O13S. The number of guanidine groups is 1. The molecule has 3 aliphatic rings. The fourth-order valence-electron chi connectivity index (χ4n) is 7.24. The number of aliphatic hydroxyl groups is 2. The summed E-state index contributed by atoms with van der Waals surface area (Å²) in [7, 11) is 0. The molecule has 23 nitrogen and oxygen atoms in total. The summed E-state index contributed by atoms with van der Waals surface area (Å²) < 4.78 is 18.4. The Morgan fingerprint density at radius 3 is 2.48 bits per heavy atom. The summed E-state index contributed by atoms with van der Waals surface area (Å²) >= 11 is 5.47. The second-order valence-electron chi connectivity index (χ2n) is 15.0. The number of rotatable bonds is 18. The summed E-state index contributed by atoms with van der Waals surface area (Å²) in [5.74, 6) is -4.27. The smallest absolute Gasteiger partial charge is 0.407 e. The molecule has 0 spiro atoms. The predicted octanol–water partition coefficient (Wildman–Crippen LogP) is 1.18. The SMILES string of the molecule is CC(=O)N[C@H]1C([C@H](OC(=O)NCc2cn(CCCCCNC(=S)Nc3ccc(-c4c5ccc(=O)cc-5oc5cc(O)ccc45)c(C(=O)O)c3)nn2)[C@H](O)CO)OC(C(=O)O)=C[C@@H]1N=C(N)N. The largest absolute Gasteiger partial charge is 0.508 e. The average molecular weight is 931 g/mol. The van der Waals surface area contributed by atoms with E-state index in [2.05, 4.69) is 36.6 Å². The highest BCUT2D eigenvalue weighted by Crippen LogP contribution is 2.42. The van der Waals surface area contributed by atoms with Gasteiger partial charge in [0.1, 0.15) is 28.9 Å². The number of carboxylic acid groups (broad SMARTS) is 2. The molecule has 5 atom stereocenters. The lowest BCUT2D eigenvalue weighted by molar-refractivity contribution is -0.146. The molecular weight excluding hydrogens is 885 g/mol. The van der Waals surface area contributed by atoms with Gasteiger partial charge in [0.05, 0.1) is 37.0 Å². The minimum absolute atomic E-state index is 0.0351. The minimum Gasteiger partial charge on any atom is -0.508 e. The van der Waals surface area contributed by atoms with E-state index in [4.69, 9.17) is 37.6 Å². The highest BCUT2D eigenvalue weighted by molar-refractivity contribution is 7.80. The first kappa shape index (κ1) is 47.6. The Balaban J connectivity index is 0.981. The van der Waals surface area contributed by atoms with E-state index in [0.717, 1.165) is 19.4 Å². The Morgan fingerprint density at radius 2 is 1.77 bits per heavy atom. The van der Waals surface area contributed by atoms with Crippen molar-refractivity contribution >= 4 is 63.9 Å². The van der Waals surface area contributed by atoms with Crippen molar-refractivity contribution in [1.82, 2.24) is 30.9 Å². The number of benzene rings is 3. The molecule has 0 saturated carbocycles. The summed E-state index contributed by atoms with van der Waals surface area (Å²) in [6.45, 7) is 1.03. The van der Waals surface area contributed by atoms with Gasteiger partial charge in [0.25, 0.3) is 0 Å². The van der Waals surface area contributed by atoms with Gasteiger partial charge in [0, 0.05) is 54.3 Å². The van der Waals surface area contributed by atoms with Crippen LogP contribution in [0.3, 0.4) is 0 Å². The quantitative estimate of drug-likeness (QED) is 0.0193. The molecule has 2 aromatic carbocycles. The molecule has 66 heavy (non-hydrogen) atoms. The third-order valence-electron chi connectivity index (χ3n) is 10.1. The van der Waals surface area contributed by atoms with E-state index in [0.29, 0.717) is 59.4 Å². The number of alkyl carbamates (subject to hydrolysis) is 1. The second-order valence-corrected chi connectivity index (χ2v) is 15.4. The van der Waals surface area contributed by atoms with E-state index in [1.165, 1.54) is 30.3 Å². The average Bonchev–Trinajstić information content (AvgIpc) is 3.72. The van der Waals surface area contributed by atoms with Crippen LogP contribution < -0.4 is 38.2 Å². The lowest BCUT2D eigenvalue weighted by atomic mass is 9.90. The summed E-state index contributed by atoms with van der Waals surface area (Å²) in [4.78, 5) is 65.5. The van der Waals surface area contributed by atoms with E-state index in [-0.39, 0.29) is 39.7 Å². The van der Waals surface area contributed by atoms with Crippen LogP contribution in [0.15, 0.2) is 86.8 Å². The second kappa shape index (κ2) is 21.2. The Bertz CT molecular complexity index is 2720. The Kier molecular flexibility index (Phi) is 15.3. The van der Waals surface area contributed by atoms with Crippen LogP contribution in [0.5, 0.6) is 5.75 Å². The zero-order chi connectivity index (χ0) is 47.7. The number of anilines is 1. The number of fused-ring (bicyclic) bond motifs is 2. The number of nitrogens with one attached hydrogen (secondary N) is 4. The van der Waals surface area contributed by atoms with E-state index < -0.39 is 72.7 Å². The van der Waals surface area contributed by atoms with Crippen LogP contribution in [-0.2, 0) is 32.2 Å². The Labute approximate surface area is 379 Å². The third kappa shape index (κ3) is 11.8. The fourth-order valence-corrected chi connectivity index (χ4v) is 7.46. The fraction of sp³-hybridized carbons (Fsp3) is 0.310. The number of unbranched alkanes of at least 4 members (excludes halogenated alkanes) is 2. The van der Waals surface area contributed by atoms with Crippen molar-refractivity contribution < 1.29 is 58.6 Å². The van der Waals surface area contributed by atoms with Gasteiger partial charge in [0.2, 0.25) is 11.7 Å². The van der Waals surface area contributed by atoms with E-state index >= 15 is 0 Å². The number of aromatic nitrogens is 3. The van der Waals surface area contributed by atoms with Crippen LogP contribution in [0.1, 0.15) is 42.2 Å². The molecule has 0 bridgehead atoms. The maximum Gasteiger partial charge on any atom is 0.407 e.